The summed E-state index contributed by atoms with van der Waals surface area (Å²) in [7, 11) is 1.46. The number of rotatable bonds is 6. The quantitative estimate of drug-likeness (QED) is 0.202. The molecule has 0 amide bonds. The molecule has 7 N–H and O–H groups in total. The molecule has 0 aliphatic heterocycles. The fraction of sp³-hybridized carbons (Fsp3) is 1.00. The van der Waals surface area contributed by atoms with Crippen LogP contribution in [0.4, 0.5) is 0 Å². The predicted octanol–water partition coefficient (Wildman–Crippen LogP) is -3.81. The van der Waals surface area contributed by atoms with Crippen LogP contribution in [0.15, 0.2) is 0 Å². The fourth-order valence-corrected chi connectivity index (χ4v) is 1.41. The molecule has 0 aromatic carbocycles. The van der Waals surface area contributed by atoms with Gasteiger partial charge in [0.1, 0.15) is 19.6 Å². The summed E-state index contributed by atoms with van der Waals surface area (Å²) in [6, 6.07) is 0. The first kappa shape index (κ1) is 17.1. The van der Waals surface area contributed by atoms with Crippen LogP contribution in [-0.2, 0) is 0 Å². The average Bonchev–Trinajstić information content (AvgIpc) is 1.76. The van der Waals surface area contributed by atoms with E-state index in [1.54, 1.807) is 0 Å². The Hall–Kier alpha value is -0.320. The number of hydrogen-bond donors (Lipinski definition) is 6. The number of nitrogens with zero attached hydrogens (tertiary/aromatic N) is 1. The van der Waals surface area contributed by atoms with Crippen molar-refractivity contribution < 1.29 is 40.6 Å². The molecule has 0 saturated carbocycles. The normalized spacial score (nSPS) is 12.4. The molecular weight excluding hydrogens is 210 g/mol. The van der Waals surface area contributed by atoms with E-state index in [1.807, 2.05) is 0 Å². The topological polar surface area (TPSA) is 151 Å². The highest BCUT2D eigenvalue weighted by molar-refractivity contribution is 4.45. The van der Waals surface area contributed by atoms with Gasteiger partial charge in [0.25, 0.3) is 0 Å². The van der Waals surface area contributed by atoms with E-state index in [4.69, 9.17) is 30.6 Å². The van der Waals surface area contributed by atoms with E-state index in [0.29, 0.717) is 0 Å². The molecule has 0 bridgehead atoms. The molecule has 0 aliphatic carbocycles. The van der Waals surface area contributed by atoms with E-state index < -0.39 is 18.9 Å². The standard InChI is InChI=1S/C7H18NO6.H2O/c1-8(2-5(9)10,3-6(11)12)4-7(13)14;/h5-7,9-14H,2-4H2,1H3;1H2/q+1;/p-1. The Bertz CT molecular complexity index is 135. The van der Waals surface area contributed by atoms with E-state index in [9.17, 15) is 0 Å². The molecule has 15 heavy (non-hydrogen) atoms. The lowest BCUT2D eigenvalue weighted by atomic mass is 10.3. The van der Waals surface area contributed by atoms with Crippen molar-refractivity contribution in [2.45, 2.75) is 18.9 Å². The third kappa shape index (κ3) is 8.66. The van der Waals surface area contributed by atoms with E-state index in [2.05, 4.69) is 0 Å². The molecule has 0 atom stereocenters. The predicted molar refractivity (Wildman–Crippen MR) is 47.4 cm³/mol. The van der Waals surface area contributed by atoms with E-state index in [-0.39, 0.29) is 29.6 Å². The molecule has 0 fully saturated rings. The van der Waals surface area contributed by atoms with Crippen molar-refractivity contribution in [1.29, 1.82) is 0 Å². The summed E-state index contributed by atoms with van der Waals surface area (Å²) in [5, 5.41) is 52.4. The summed E-state index contributed by atoms with van der Waals surface area (Å²) in [5.74, 6) is 0. The van der Waals surface area contributed by atoms with Gasteiger partial charge in [0, 0.05) is 0 Å². The van der Waals surface area contributed by atoms with Gasteiger partial charge < -0.3 is 40.6 Å². The number of hydrogen-bond acceptors (Lipinski definition) is 7. The first-order valence-corrected chi connectivity index (χ1v) is 4.17. The highest BCUT2D eigenvalue weighted by Crippen LogP contribution is 2.06. The maximum absolute atomic E-state index is 8.73. The van der Waals surface area contributed by atoms with Crippen LogP contribution in [0, 0.1) is 0 Å². The Morgan fingerprint density at radius 2 is 0.933 bits per heavy atom. The first-order chi connectivity index (χ1) is 6.25. The zero-order chi connectivity index (χ0) is 11.4. The Morgan fingerprint density at radius 3 is 1.07 bits per heavy atom. The Balaban J connectivity index is 0. The lowest BCUT2D eigenvalue weighted by molar-refractivity contribution is -0.925. The molecule has 94 valence electrons. The van der Waals surface area contributed by atoms with Crippen LogP contribution in [0.5, 0.6) is 0 Å². The Kier molecular flexibility index (Phi) is 8.02. The number of likely N-dealkylation sites (N-methyl/N-ethyl adjacent to an activating group) is 1. The molecule has 0 heterocycles. The highest BCUT2D eigenvalue weighted by Gasteiger charge is 2.29. The molecule has 8 heteroatoms. The molecule has 0 spiro atoms. The van der Waals surface area contributed by atoms with Gasteiger partial charge >= 0.3 is 0 Å². The largest absolute Gasteiger partial charge is 0.870 e. The molecule has 0 unspecified atom stereocenters. The second-order valence-electron chi connectivity index (χ2n) is 3.61. The van der Waals surface area contributed by atoms with Crippen molar-refractivity contribution in [3.05, 3.63) is 0 Å². The van der Waals surface area contributed by atoms with E-state index in [0.717, 1.165) is 0 Å². The van der Waals surface area contributed by atoms with Crippen LogP contribution >= 0.6 is 0 Å². The van der Waals surface area contributed by atoms with Gasteiger partial charge in [-0.25, -0.2) is 0 Å². The molecule has 0 aromatic heterocycles. The van der Waals surface area contributed by atoms with Crippen LogP contribution in [0.1, 0.15) is 0 Å². The minimum absolute atomic E-state index is 0. The lowest BCUT2D eigenvalue weighted by Crippen LogP contribution is -2.56. The second-order valence-corrected chi connectivity index (χ2v) is 3.61. The molecule has 8 nitrogen and oxygen atoms in total. The van der Waals surface area contributed by atoms with Crippen LogP contribution in [0.25, 0.3) is 0 Å². The van der Waals surface area contributed by atoms with Crippen molar-refractivity contribution in [2.75, 3.05) is 26.7 Å². The van der Waals surface area contributed by atoms with Crippen molar-refractivity contribution in [2.24, 2.45) is 0 Å². The second kappa shape index (κ2) is 7.04. The van der Waals surface area contributed by atoms with Gasteiger partial charge in [0.05, 0.1) is 7.05 Å². The van der Waals surface area contributed by atoms with Crippen LogP contribution in [-0.4, -0.2) is 86.2 Å². The minimum atomic E-state index is -1.64. The molecular formula is C7H19NO7. The zero-order valence-corrected chi connectivity index (χ0v) is 8.43. The molecule has 0 aliphatic rings. The Morgan fingerprint density at radius 1 is 0.733 bits per heavy atom. The van der Waals surface area contributed by atoms with Gasteiger partial charge in [-0.2, -0.15) is 0 Å². The summed E-state index contributed by atoms with van der Waals surface area (Å²) in [4.78, 5) is 0. The highest BCUT2D eigenvalue weighted by atomic mass is 16.5. The fourth-order valence-electron chi connectivity index (χ4n) is 1.41. The van der Waals surface area contributed by atoms with Crippen LogP contribution < -0.4 is 0 Å². The van der Waals surface area contributed by atoms with Crippen molar-refractivity contribution in [1.82, 2.24) is 0 Å². The molecule has 0 rings (SSSR count). The third-order valence-electron chi connectivity index (χ3n) is 1.81. The van der Waals surface area contributed by atoms with Crippen molar-refractivity contribution in [3.63, 3.8) is 0 Å². The summed E-state index contributed by atoms with van der Waals surface area (Å²) < 4.78 is -0.257. The van der Waals surface area contributed by atoms with E-state index in [1.165, 1.54) is 7.05 Å². The van der Waals surface area contributed by atoms with Crippen LogP contribution in [0.3, 0.4) is 0 Å². The molecule has 0 saturated heterocycles. The molecule has 0 radical (unpaired) electrons. The van der Waals surface area contributed by atoms with Crippen molar-refractivity contribution >= 4 is 0 Å². The summed E-state index contributed by atoms with van der Waals surface area (Å²) in [6.07, 6.45) is -4.92. The minimum Gasteiger partial charge on any atom is -0.870 e. The Labute approximate surface area is 87.1 Å². The lowest BCUT2D eigenvalue weighted by Gasteiger charge is -2.35. The molecule has 0 aromatic rings. The van der Waals surface area contributed by atoms with Gasteiger partial charge in [-0.05, 0) is 0 Å². The maximum Gasteiger partial charge on any atom is 0.202 e. The van der Waals surface area contributed by atoms with Gasteiger partial charge in [0.15, 0.2) is 0 Å². The third-order valence-corrected chi connectivity index (χ3v) is 1.81. The van der Waals surface area contributed by atoms with Crippen molar-refractivity contribution in [3.8, 4) is 0 Å². The maximum atomic E-state index is 8.73. The van der Waals surface area contributed by atoms with Gasteiger partial charge in [-0.3, -0.25) is 0 Å². The van der Waals surface area contributed by atoms with E-state index >= 15 is 0 Å². The zero-order valence-electron chi connectivity index (χ0n) is 8.43. The smallest absolute Gasteiger partial charge is 0.202 e. The number of aliphatic hydroxyl groups is 6. The summed E-state index contributed by atoms with van der Waals surface area (Å²) >= 11 is 0. The van der Waals surface area contributed by atoms with Crippen LogP contribution in [0.2, 0.25) is 0 Å². The van der Waals surface area contributed by atoms with Gasteiger partial charge in [-0.1, -0.05) is 0 Å². The SMILES string of the molecule is C[N+](CC(O)O)(CC(O)O)CC(O)O.[OH-]. The monoisotopic (exact) mass is 229 g/mol. The first-order valence-electron chi connectivity index (χ1n) is 4.17. The number of quaternary nitrogens is 1. The average molecular weight is 229 g/mol. The summed E-state index contributed by atoms with van der Waals surface area (Å²) in [6.45, 7) is -0.639. The number of aliphatic hydroxyl groups excluding tert-OH is 3. The van der Waals surface area contributed by atoms with Gasteiger partial charge in [-0.15, -0.1) is 0 Å². The van der Waals surface area contributed by atoms with Gasteiger partial charge in [0.2, 0.25) is 18.9 Å². The summed E-state index contributed by atoms with van der Waals surface area (Å²) in [5.41, 5.74) is 0.